The van der Waals surface area contributed by atoms with E-state index in [4.69, 9.17) is 4.74 Å². The molecular weight excluding hydrogens is 376 g/mol. The molecule has 3 atom stereocenters. The molecule has 2 aliphatic carbocycles. The number of ketones is 3. The first-order valence-corrected chi connectivity index (χ1v) is 11.0. The van der Waals surface area contributed by atoms with Crippen LogP contribution in [0, 0.1) is 28.1 Å². The molecule has 30 heavy (non-hydrogen) atoms. The highest BCUT2D eigenvalue weighted by Crippen LogP contribution is 2.65. The lowest BCUT2D eigenvalue weighted by Crippen LogP contribution is -2.70. The first-order valence-electron chi connectivity index (χ1n) is 11.0. The van der Waals surface area contributed by atoms with Crippen LogP contribution >= 0.6 is 0 Å². The third-order valence-corrected chi connectivity index (χ3v) is 7.54. The van der Waals surface area contributed by atoms with Gasteiger partial charge >= 0.3 is 0 Å². The number of hydrogen-bond donors (Lipinski definition) is 0. The SMILES string of the molecule is CC(C)=CCC1CC2(C)C(=O)[C@](C(=O)C(C)C)(C(=O)C3=C2OC(C)(C)C=C3)C1(C)C. The lowest BCUT2D eigenvalue weighted by Gasteiger charge is -2.60. The largest absolute Gasteiger partial charge is 0.486 e. The van der Waals surface area contributed by atoms with Crippen LogP contribution in [0.3, 0.4) is 0 Å². The van der Waals surface area contributed by atoms with E-state index in [0.717, 1.165) is 6.42 Å². The predicted octanol–water partition coefficient (Wildman–Crippen LogP) is 5.38. The standard InChI is InChI=1S/C26H36O4/c1-15(2)10-11-17-14-25(9)21-18(12-13-23(5,6)30-21)20(28)26(22(25)29,24(17,7)8)19(27)16(3)4/h10,12-13,16-17H,11,14H2,1-9H3/t17?,25?,26-/m0/s1. The van der Waals surface area contributed by atoms with E-state index in [1.807, 2.05) is 54.5 Å². The molecule has 164 valence electrons. The number of ether oxygens (including phenoxy) is 1. The number of rotatable bonds is 4. The van der Waals surface area contributed by atoms with E-state index in [2.05, 4.69) is 6.08 Å². The molecule has 0 aromatic rings. The minimum atomic E-state index is -1.68. The number of fused-ring (bicyclic) bond motifs is 3. The van der Waals surface area contributed by atoms with Crippen molar-refractivity contribution < 1.29 is 19.1 Å². The van der Waals surface area contributed by atoms with Crippen molar-refractivity contribution >= 4 is 17.3 Å². The van der Waals surface area contributed by atoms with Gasteiger partial charge in [0.1, 0.15) is 11.4 Å². The van der Waals surface area contributed by atoms with E-state index in [1.54, 1.807) is 19.9 Å². The van der Waals surface area contributed by atoms with Crippen LogP contribution in [0.2, 0.25) is 0 Å². The van der Waals surface area contributed by atoms with E-state index >= 15 is 0 Å². The Morgan fingerprint density at radius 3 is 2.30 bits per heavy atom. The molecule has 4 nitrogen and oxygen atoms in total. The Balaban J connectivity index is 2.35. The summed E-state index contributed by atoms with van der Waals surface area (Å²) >= 11 is 0. The number of hydrogen-bond acceptors (Lipinski definition) is 4. The van der Waals surface area contributed by atoms with Crippen molar-refractivity contribution in [3.63, 3.8) is 0 Å². The van der Waals surface area contributed by atoms with Crippen LogP contribution in [0.5, 0.6) is 0 Å². The maximum atomic E-state index is 14.2. The highest BCUT2D eigenvalue weighted by Gasteiger charge is 2.74. The molecule has 1 heterocycles. The third-order valence-electron chi connectivity index (χ3n) is 7.54. The van der Waals surface area contributed by atoms with Crippen molar-refractivity contribution in [2.75, 3.05) is 0 Å². The van der Waals surface area contributed by atoms with Crippen molar-refractivity contribution in [2.24, 2.45) is 28.1 Å². The Labute approximate surface area is 180 Å². The van der Waals surface area contributed by atoms with Crippen LogP contribution in [-0.2, 0) is 19.1 Å². The summed E-state index contributed by atoms with van der Waals surface area (Å²) in [6.07, 6.45) is 7.06. The van der Waals surface area contributed by atoms with Gasteiger partial charge in [-0.15, -0.1) is 0 Å². The molecule has 1 saturated carbocycles. The zero-order chi connectivity index (χ0) is 22.9. The summed E-state index contributed by atoms with van der Waals surface area (Å²) in [5, 5.41) is 0. The Kier molecular flexibility index (Phi) is 5.12. The van der Waals surface area contributed by atoms with Gasteiger partial charge in [0.15, 0.2) is 22.8 Å². The summed E-state index contributed by atoms with van der Waals surface area (Å²) in [5.41, 5.74) is -2.49. The summed E-state index contributed by atoms with van der Waals surface area (Å²) in [4.78, 5) is 42.0. The van der Waals surface area contributed by atoms with Crippen molar-refractivity contribution in [1.29, 1.82) is 0 Å². The molecule has 3 aliphatic rings. The molecule has 4 heteroatoms. The van der Waals surface area contributed by atoms with Gasteiger partial charge in [-0.1, -0.05) is 39.3 Å². The molecule has 0 N–H and O–H groups in total. The van der Waals surface area contributed by atoms with Crippen LogP contribution < -0.4 is 0 Å². The molecule has 1 fully saturated rings. The number of Topliss-reactive ketones (excluding diaryl/α,β-unsaturated/α-hetero) is 3. The number of carbonyl (C=O) groups excluding carboxylic acids is 3. The molecule has 0 amide bonds. The molecule has 1 aliphatic heterocycles. The van der Waals surface area contributed by atoms with Crippen molar-refractivity contribution in [3.05, 3.63) is 35.1 Å². The Morgan fingerprint density at radius 2 is 1.77 bits per heavy atom. The maximum Gasteiger partial charge on any atom is 0.187 e. The molecule has 2 unspecified atom stereocenters. The van der Waals surface area contributed by atoms with Crippen LogP contribution in [0.4, 0.5) is 0 Å². The van der Waals surface area contributed by atoms with E-state index in [0.29, 0.717) is 17.8 Å². The van der Waals surface area contributed by atoms with Crippen molar-refractivity contribution in [1.82, 2.24) is 0 Å². The van der Waals surface area contributed by atoms with Crippen LogP contribution in [0.15, 0.2) is 35.1 Å². The highest BCUT2D eigenvalue weighted by atomic mass is 16.5. The van der Waals surface area contributed by atoms with Gasteiger partial charge in [0.2, 0.25) is 0 Å². The van der Waals surface area contributed by atoms with Gasteiger partial charge in [-0.2, -0.15) is 0 Å². The van der Waals surface area contributed by atoms with Gasteiger partial charge in [0.25, 0.3) is 0 Å². The molecule has 0 aromatic carbocycles. The van der Waals surface area contributed by atoms with Gasteiger partial charge in [-0.25, -0.2) is 0 Å². The zero-order valence-corrected chi connectivity index (χ0v) is 19.9. The molecular formula is C26H36O4. The number of allylic oxidation sites excluding steroid dienone is 5. The second-order valence-corrected chi connectivity index (χ2v) is 11.2. The highest BCUT2D eigenvalue weighted by molar-refractivity contribution is 6.34. The maximum absolute atomic E-state index is 14.2. The van der Waals surface area contributed by atoms with Gasteiger partial charge in [0, 0.05) is 5.92 Å². The van der Waals surface area contributed by atoms with Gasteiger partial charge in [0.05, 0.1) is 11.0 Å². The number of carbonyl (C=O) groups is 3. The smallest absolute Gasteiger partial charge is 0.187 e. The molecule has 0 radical (unpaired) electrons. The van der Waals surface area contributed by atoms with Crippen molar-refractivity contribution in [2.45, 2.75) is 80.8 Å². The van der Waals surface area contributed by atoms with Crippen LogP contribution in [0.25, 0.3) is 0 Å². The summed E-state index contributed by atoms with van der Waals surface area (Å²) in [7, 11) is 0. The average Bonchev–Trinajstić information content (AvgIpc) is 2.61. The molecule has 3 rings (SSSR count). The fourth-order valence-electron chi connectivity index (χ4n) is 5.68. The zero-order valence-electron chi connectivity index (χ0n) is 19.9. The second-order valence-electron chi connectivity index (χ2n) is 11.2. The summed E-state index contributed by atoms with van der Waals surface area (Å²) in [6.45, 7) is 17.2. The monoisotopic (exact) mass is 412 g/mol. The summed E-state index contributed by atoms with van der Waals surface area (Å²) in [6, 6.07) is 0. The lowest BCUT2D eigenvalue weighted by atomic mass is 9.40. The topological polar surface area (TPSA) is 60.4 Å². The fraction of sp³-hybridized carbons (Fsp3) is 0.654. The average molecular weight is 413 g/mol. The van der Waals surface area contributed by atoms with Gasteiger partial charge in [-0.3, -0.25) is 14.4 Å². The van der Waals surface area contributed by atoms with Crippen LogP contribution in [0.1, 0.15) is 75.2 Å². The molecule has 0 saturated heterocycles. The minimum Gasteiger partial charge on any atom is -0.486 e. The van der Waals surface area contributed by atoms with Gasteiger partial charge < -0.3 is 4.74 Å². The molecule has 0 spiro atoms. The second kappa shape index (κ2) is 6.77. The normalized spacial score (nSPS) is 33.9. The Morgan fingerprint density at radius 1 is 1.17 bits per heavy atom. The Hall–Kier alpha value is -1.97. The molecule has 0 aromatic heterocycles. The van der Waals surface area contributed by atoms with Crippen molar-refractivity contribution in [3.8, 4) is 0 Å². The third kappa shape index (κ3) is 2.82. The lowest BCUT2D eigenvalue weighted by molar-refractivity contribution is -0.178. The van der Waals surface area contributed by atoms with Crippen LogP contribution in [-0.4, -0.2) is 23.0 Å². The van der Waals surface area contributed by atoms with E-state index in [-0.39, 0.29) is 23.3 Å². The minimum absolute atomic E-state index is 0.00609. The molecule has 2 bridgehead atoms. The Bertz CT molecular complexity index is 907. The quantitative estimate of drug-likeness (QED) is 0.460. The summed E-state index contributed by atoms with van der Waals surface area (Å²) in [5.74, 6) is -0.890. The first kappa shape index (κ1) is 22.7. The van der Waals surface area contributed by atoms with E-state index in [1.165, 1.54) is 5.57 Å². The fourth-order valence-corrected chi connectivity index (χ4v) is 5.68. The van der Waals surface area contributed by atoms with E-state index < -0.39 is 27.8 Å². The predicted molar refractivity (Wildman–Crippen MR) is 118 cm³/mol. The van der Waals surface area contributed by atoms with E-state index in [9.17, 15) is 14.4 Å². The first-order chi connectivity index (χ1) is 13.6. The summed E-state index contributed by atoms with van der Waals surface area (Å²) < 4.78 is 6.26. The van der Waals surface area contributed by atoms with Gasteiger partial charge in [-0.05, 0) is 70.9 Å².